The maximum Gasteiger partial charge on any atom is 0.343 e. The van der Waals surface area contributed by atoms with Gasteiger partial charge in [0.2, 0.25) is 6.17 Å². The largest absolute Gasteiger partial charge is 0.479 e. The smallest absolute Gasteiger partial charge is 0.343 e. The molecular weight excluding hydrogens is 197 g/mol. The fourth-order valence-corrected chi connectivity index (χ4v) is 1.47. The molecule has 1 unspecified atom stereocenters. The molecule has 0 saturated heterocycles. The van der Waals surface area contributed by atoms with E-state index in [9.17, 15) is 9.18 Å². The van der Waals surface area contributed by atoms with Crippen molar-refractivity contribution in [3.63, 3.8) is 0 Å². The van der Waals surface area contributed by atoms with E-state index in [-0.39, 0.29) is 5.56 Å². The lowest BCUT2D eigenvalue weighted by molar-refractivity contribution is -0.142. The molecule has 0 amide bonds. The van der Waals surface area contributed by atoms with Gasteiger partial charge in [0.1, 0.15) is 0 Å². The number of carboxylic acids is 1. The first kappa shape index (κ1) is 9.58. The molecule has 15 heavy (non-hydrogen) atoms. The summed E-state index contributed by atoms with van der Waals surface area (Å²) in [6, 6.07) is 8.31. The predicted octanol–water partition coefficient (Wildman–Crippen LogP) is 2.33. The molecule has 1 aromatic carbocycles. The Morgan fingerprint density at radius 2 is 2.07 bits per heavy atom. The highest BCUT2D eigenvalue weighted by atomic mass is 19.1. The average molecular weight is 205 g/mol. The lowest BCUT2D eigenvalue weighted by Gasteiger charge is -2.06. The first-order valence-corrected chi connectivity index (χ1v) is 4.40. The minimum Gasteiger partial charge on any atom is -0.479 e. The number of hydrogen-bond donors (Lipinski definition) is 1. The summed E-state index contributed by atoms with van der Waals surface area (Å²) in [4.78, 5) is 14.5. The molecule has 0 spiro atoms. The number of fused-ring (bicyclic) bond motifs is 1. The number of benzene rings is 1. The molecule has 1 aromatic heterocycles. The molecule has 0 aliphatic rings. The van der Waals surface area contributed by atoms with Crippen LogP contribution in [0.4, 0.5) is 4.39 Å². The summed E-state index contributed by atoms with van der Waals surface area (Å²) in [7, 11) is 0. The number of alkyl halides is 1. The molecule has 0 bridgehead atoms. The summed E-state index contributed by atoms with van der Waals surface area (Å²) in [5.41, 5.74) is 0.496. The van der Waals surface area contributed by atoms with Crippen molar-refractivity contribution in [1.29, 1.82) is 0 Å². The number of aliphatic carboxylic acids is 1. The van der Waals surface area contributed by atoms with Gasteiger partial charge in [-0.3, -0.25) is 4.98 Å². The molecule has 0 saturated carbocycles. The molecule has 0 aliphatic carbocycles. The maximum atomic E-state index is 13.3. The third kappa shape index (κ3) is 1.66. The lowest BCUT2D eigenvalue weighted by atomic mass is 10.1. The molecule has 76 valence electrons. The predicted molar refractivity (Wildman–Crippen MR) is 53.2 cm³/mol. The highest BCUT2D eigenvalue weighted by molar-refractivity contribution is 5.86. The molecule has 0 radical (unpaired) electrons. The normalized spacial score (nSPS) is 12.6. The number of halogens is 1. The van der Waals surface area contributed by atoms with E-state index in [2.05, 4.69) is 4.98 Å². The van der Waals surface area contributed by atoms with Crippen LogP contribution in [-0.2, 0) is 4.79 Å². The number of para-hydroxylation sites is 1. The average Bonchev–Trinajstić information content (AvgIpc) is 2.27. The van der Waals surface area contributed by atoms with Crippen molar-refractivity contribution in [2.24, 2.45) is 0 Å². The van der Waals surface area contributed by atoms with Crippen LogP contribution in [0.25, 0.3) is 10.9 Å². The van der Waals surface area contributed by atoms with Crippen molar-refractivity contribution >= 4 is 16.9 Å². The van der Waals surface area contributed by atoms with Gasteiger partial charge in [0, 0.05) is 17.1 Å². The van der Waals surface area contributed by atoms with E-state index < -0.39 is 12.1 Å². The second kappa shape index (κ2) is 3.65. The zero-order chi connectivity index (χ0) is 10.8. The fraction of sp³-hybridized carbons (Fsp3) is 0.0909. The third-order valence-corrected chi connectivity index (χ3v) is 2.15. The molecule has 2 rings (SSSR count). The summed E-state index contributed by atoms with van der Waals surface area (Å²) in [6.45, 7) is 0. The van der Waals surface area contributed by atoms with E-state index in [4.69, 9.17) is 5.11 Å². The SMILES string of the molecule is O=C(O)C(F)c1cccc2cccnc12. The van der Waals surface area contributed by atoms with Crippen LogP contribution in [-0.4, -0.2) is 16.1 Å². The molecular formula is C11H8FNO2. The number of pyridine rings is 1. The second-order valence-corrected chi connectivity index (χ2v) is 3.12. The van der Waals surface area contributed by atoms with Gasteiger partial charge >= 0.3 is 5.97 Å². The van der Waals surface area contributed by atoms with Crippen LogP contribution in [0.15, 0.2) is 36.5 Å². The Morgan fingerprint density at radius 1 is 1.33 bits per heavy atom. The van der Waals surface area contributed by atoms with Crippen LogP contribution in [0.2, 0.25) is 0 Å². The summed E-state index contributed by atoms with van der Waals surface area (Å²) in [5, 5.41) is 9.33. The number of hydrogen-bond acceptors (Lipinski definition) is 2. The molecule has 1 atom stereocenters. The van der Waals surface area contributed by atoms with Crippen LogP contribution >= 0.6 is 0 Å². The van der Waals surface area contributed by atoms with Crippen LogP contribution in [0.5, 0.6) is 0 Å². The molecule has 1 heterocycles. The summed E-state index contributed by atoms with van der Waals surface area (Å²) in [6.07, 6.45) is -0.510. The molecule has 0 aliphatic heterocycles. The fourth-order valence-electron chi connectivity index (χ4n) is 1.47. The van der Waals surface area contributed by atoms with Crippen molar-refractivity contribution < 1.29 is 14.3 Å². The van der Waals surface area contributed by atoms with E-state index in [1.54, 1.807) is 24.3 Å². The second-order valence-electron chi connectivity index (χ2n) is 3.12. The van der Waals surface area contributed by atoms with Gasteiger partial charge < -0.3 is 5.11 Å². The summed E-state index contributed by atoms with van der Waals surface area (Å²) >= 11 is 0. The highest BCUT2D eigenvalue weighted by Gasteiger charge is 2.20. The van der Waals surface area contributed by atoms with E-state index in [1.807, 2.05) is 0 Å². The summed E-state index contributed by atoms with van der Waals surface area (Å²) in [5.74, 6) is -1.49. The minimum atomic E-state index is -2.02. The Morgan fingerprint density at radius 3 is 2.80 bits per heavy atom. The quantitative estimate of drug-likeness (QED) is 0.818. The Kier molecular flexibility index (Phi) is 2.33. The summed E-state index contributed by atoms with van der Waals surface area (Å²) < 4.78 is 13.3. The Hall–Kier alpha value is -1.97. The Labute approximate surface area is 85.2 Å². The highest BCUT2D eigenvalue weighted by Crippen LogP contribution is 2.24. The molecule has 1 N–H and O–H groups in total. The van der Waals surface area contributed by atoms with Crippen LogP contribution in [0, 0.1) is 0 Å². The lowest BCUT2D eigenvalue weighted by Crippen LogP contribution is -2.06. The third-order valence-electron chi connectivity index (χ3n) is 2.15. The maximum absolute atomic E-state index is 13.3. The van der Waals surface area contributed by atoms with Crippen molar-refractivity contribution in [3.05, 3.63) is 42.1 Å². The standard InChI is InChI=1S/C11H8FNO2/c12-9(11(14)15)8-5-1-3-7-4-2-6-13-10(7)8/h1-6,9H,(H,14,15). The van der Waals surface area contributed by atoms with Crippen molar-refractivity contribution in [3.8, 4) is 0 Å². The zero-order valence-corrected chi connectivity index (χ0v) is 7.72. The van der Waals surface area contributed by atoms with E-state index in [0.29, 0.717) is 5.52 Å². The number of carboxylic acid groups (broad SMARTS) is 1. The molecule has 2 aromatic rings. The van der Waals surface area contributed by atoms with Crippen LogP contribution < -0.4 is 0 Å². The number of carbonyl (C=O) groups is 1. The van der Waals surface area contributed by atoms with Gasteiger partial charge in [-0.1, -0.05) is 24.3 Å². The first-order valence-electron chi connectivity index (χ1n) is 4.40. The van der Waals surface area contributed by atoms with E-state index in [0.717, 1.165) is 5.39 Å². The van der Waals surface area contributed by atoms with Crippen molar-refractivity contribution in [2.45, 2.75) is 6.17 Å². The van der Waals surface area contributed by atoms with Gasteiger partial charge in [-0.05, 0) is 6.07 Å². The van der Waals surface area contributed by atoms with E-state index in [1.165, 1.54) is 12.3 Å². The number of nitrogens with zero attached hydrogens (tertiary/aromatic N) is 1. The minimum absolute atomic E-state index is 0.0978. The molecule has 4 heteroatoms. The number of aromatic nitrogens is 1. The van der Waals surface area contributed by atoms with Gasteiger partial charge in [0.25, 0.3) is 0 Å². The van der Waals surface area contributed by atoms with Gasteiger partial charge in [-0.25, -0.2) is 9.18 Å². The molecule has 3 nitrogen and oxygen atoms in total. The Balaban J connectivity index is 2.65. The van der Waals surface area contributed by atoms with Gasteiger partial charge in [-0.2, -0.15) is 0 Å². The van der Waals surface area contributed by atoms with Gasteiger partial charge in [0.05, 0.1) is 5.52 Å². The molecule has 0 fully saturated rings. The monoisotopic (exact) mass is 205 g/mol. The topological polar surface area (TPSA) is 50.2 Å². The first-order chi connectivity index (χ1) is 7.20. The van der Waals surface area contributed by atoms with Gasteiger partial charge in [-0.15, -0.1) is 0 Å². The van der Waals surface area contributed by atoms with Crippen LogP contribution in [0.1, 0.15) is 11.7 Å². The Bertz CT molecular complexity index is 507. The van der Waals surface area contributed by atoms with E-state index >= 15 is 0 Å². The van der Waals surface area contributed by atoms with Gasteiger partial charge in [0.15, 0.2) is 0 Å². The van der Waals surface area contributed by atoms with Crippen LogP contribution in [0.3, 0.4) is 0 Å². The van der Waals surface area contributed by atoms with Crippen molar-refractivity contribution in [2.75, 3.05) is 0 Å². The zero-order valence-electron chi connectivity index (χ0n) is 7.72. The van der Waals surface area contributed by atoms with Crippen molar-refractivity contribution in [1.82, 2.24) is 4.98 Å². The number of rotatable bonds is 2.